The number of amides is 6. The Kier molecular flexibility index (Phi) is 85.4. The number of piperazine rings is 6. The lowest BCUT2D eigenvalue weighted by molar-refractivity contribution is 0.0590. The van der Waals surface area contributed by atoms with Crippen molar-refractivity contribution in [3.05, 3.63) is 215 Å². The molecule has 6 aromatic rings. The second kappa shape index (κ2) is 94.1. The summed E-state index contributed by atoms with van der Waals surface area (Å²) in [5.41, 5.74) is 4.78. The van der Waals surface area contributed by atoms with Gasteiger partial charge >= 0.3 is 0 Å². The Balaban J connectivity index is -0.000000230. The van der Waals surface area contributed by atoms with Crippen LogP contribution in [0.5, 0.6) is 0 Å². The van der Waals surface area contributed by atoms with E-state index in [1.165, 1.54) is 20.8 Å². The number of carbonyl (C=O) groups is 6. The van der Waals surface area contributed by atoms with Crippen molar-refractivity contribution in [1.29, 1.82) is 0 Å². The Hall–Kier alpha value is -8.10. The lowest BCUT2D eigenvalue weighted by Gasteiger charge is -2.36. The molecule has 0 aliphatic carbocycles. The summed E-state index contributed by atoms with van der Waals surface area (Å²) < 4.78 is 56.4. The Bertz CT molecular complexity index is 3100. The van der Waals surface area contributed by atoms with Gasteiger partial charge in [-0.2, -0.15) is 0 Å². The number of benzene rings is 6. The minimum absolute atomic E-state index is 0.161. The normalized spacial score (nSPS) is 15.7. The molecular weight excluding hydrogens is 1610 g/mol. The zero-order valence-electron chi connectivity index (χ0n) is 99.1. The number of carbonyl (C=O) groups excluding carboxylic acids is 6. The van der Waals surface area contributed by atoms with Crippen LogP contribution in [-0.2, 0) is 0 Å². The maximum absolute atomic E-state index is 12.2. The molecule has 0 atom stereocenters. The molecular formula is C112H204N12O6. The third-order valence-electron chi connectivity index (χ3n) is 20.1. The molecule has 12 rings (SSSR count). The van der Waals surface area contributed by atoms with Gasteiger partial charge in [0.05, 0.1) is 0 Å². The van der Waals surface area contributed by atoms with Crippen LogP contribution in [0.25, 0.3) is 0 Å². The van der Waals surface area contributed by atoms with Crippen molar-refractivity contribution < 1.29 is 41.1 Å². The number of hydrogen-bond donors (Lipinski definition) is 0. The molecule has 0 saturated carbocycles. The maximum Gasteiger partial charge on any atom is 0.253 e. The van der Waals surface area contributed by atoms with Crippen LogP contribution in [0.3, 0.4) is 0 Å². The first-order valence-corrected chi connectivity index (χ1v) is 50.1. The highest BCUT2D eigenvalue weighted by Gasteiger charge is 2.29. The van der Waals surface area contributed by atoms with Crippen molar-refractivity contribution in [2.45, 2.75) is 313 Å². The lowest BCUT2D eigenvalue weighted by Crippen LogP contribution is -2.50. The first-order chi connectivity index (χ1) is 66.1. The van der Waals surface area contributed by atoms with E-state index in [0.29, 0.717) is 36.3 Å². The summed E-state index contributed by atoms with van der Waals surface area (Å²) in [5, 5.41) is 0. The van der Waals surface area contributed by atoms with Crippen molar-refractivity contribution in [3.8, 4) is 0 Å². The van der Waals surface area contributed by atoms with Crippen LogP contribution < -0.4 is 0 Å². The SMILES string of the molecule is CC.CC.CC.CC.CC.CC.CC.CC.CC.CC.CC.CC(C)N1CCN(C(=O)c2ccccc2)CC1.CC(C)N1CCN(C(=O)c2ccccc2)CC1.CC(C)N1CCN(C(=O)c2ccccc2)CC1.CC(C)N1CCN(C(=O)c2ccccc2)CC1.CC(C)N1CCN(C(=O)c2ccccc2)CC1.CC(C)N1CCN(C(=O)c2ccccc2)CC1.[2H]C([2H])([2H])C.[2H]C([2H])([2H])C.[2H]C([2H])([2H])C. The van der Waals surface area contributed by atoms with Crippen molar-refractivity contribution in [2.24, 2.45) is 0 Å². The van der Waals surface area contributed by atoms with Crippen molar-refractivity contribution >= 4 is 35.4 Å². The van der Waals surface area contributed by atoms with E-state index in [2.05, 4.69) is 112 Å². The van der Waals surface area contributed by atoms with Crippen molar-refractivity contribution in [3.63, 3.8) is 0 Å². The predicted octanol–water partition coefficient (Wildman–Crippen LogP) is 25.5. The van der Waals surface area contributed by atoms with Gasteiger partial charge in [-0.1, -0.05) is 303 Å². The molecule has 6 aromatic carbocycles. The fourth-order valence-electron chi connectivity index (χ4n) is 13.2. The fraction of sp³-hybridized carbons (Fsp3) is 0.625. The van der Waals surface area contributed by atoms with Crippen LogP contribution >= 0.6 is 0 Å². The molecule has 0 spiro atoms. The van der Waals surface area contributed by atoms with Gasteiger partial charge in [0.2, 0.25) is 0 Å². The predicted molar refractivity (Wildman–Crippen MR) is 573 cm³/mol. The minimum Gasteiger partial charge on any atom is -0.336 e. The van der Waals surface area contributed by atoms with E-state index in [-0.39, 0.29) is 35.4 Å². The summed E-state index contributed by atoms with van der Waals surface area (Å²) in [6, 6.07) is 60.7. The smallest absolute Gasteiger partial charge is 0.253 e. The van der Waals surface area contributed by atoms with Gasteiger partial charge in [-0.3, -0.25) is 58.2 Å². The lowest BCUT2D eigenvalue weighted by atomic mass is 10.1. The molecule has 18 nitrogen and oxygen atoms in total. The van der Waals surface area contributed by atoms with E-state index in [1.807, 2.05) is 364 Å². The van der Waals surface area contributed by atoms with Gasteiger partial charge in [0.1, 0.15) is 0 Å². The zero-order valence-corrected chi connectivity index (χ0v) is 90.1. The van der Waals surface area contributed by atoms with Gasteiger partial charge in [-0.05, 0) is 156 Å². The standard InChI is InChI=1S/6C14H20N2O.14C2H6/c6*1-12(2)15-8-10-16(11-9-15)14(17)13-6-4-3-5-7-13;14*1-2/h6*3-7,12H,8-11H2,1-2H3;14*1-2H3/i;;;;;;3*1D3;;;;;;;;;;;. The number of rotatable bonds is 12. The molecule has 6 amide bonds. The molecule has 6 fully saturated rings. The quantitative estimate of drug-likeness (QED) is 0.115. The van der Waals surface area contributed by atoms with Crippen LogP contribution in [0.4, 0.5) is 0 Å². The zero-order chi connectivity index (χ0) is 109. The molecule has 6 aliphatic rings. The monoisotopic (exact) mass is 1820 g/mol. The summed E-state index contributed by atoms with van der Waals surface area (Å²) in [5.74, 6) is 0.967. The van der Waals surface area contributed by atoms with E-state index < -0.39 is 20.6 Å². The Morgan fingerprint density at radius 1 is 0.169 bits per heavy atom. The Morgan fingerprint density at radius 3 is 0.315 bits per heavy atom. The van der Waals surface area contributed by atoms with E-state index in [9.17, 15) is 28.8 Å². The Labute approximate surface area is 816 Å². The third-order valence-corrected chi connectivity index (χ3v) is 20.1. The third kappa shape index (κ3) is 57.4. The van der Waals surface area contributed by atoms with E-state index >= 15 is 0 Å². The summed E-state index contributed by atoms with van der Waals surface area (Å²) in [4.78, 5) is 99.3. The summed E-state index contributed by atoms with van der Waals surface area (Å²) in [7, 11) is 0. The van der Waals surface area contributed by atoms with Gasteiger partial charge in [0.15, 0.2) is 0 Å². The average Bonchev–Trinajstić information content (AvgIpc) is 0.875. The van der Waals surface area contributed by atoms with Crippen molar-refractivity contribution in [2.75, 3.05) is 157 Å². The average molecular weight is 1820 g/mol. The second-order valence-corrected chi connectivity index (χ2v) is 28.7. The van der Waals surface area contributed by atoms with Gasteiger partial charge in [-0.25, -0.2) is 0 Å². The van der Waals surface area contributed by atoms with E-state index in [1.54, 1.807) is 0 Å². The largest absolute Gasteiger partial charge is 0.336 e. The van der Waals surface area contributed by atoms with E-state index in [4.69, 9.17) is 12.3 Å². The van der Waals surface area contributed by atoms with Crippen LogP contribution in [-0.4, -0.2) is 288 Å². The van der Waals surface area contributed by atoms with Gasteiger partial charge < -0.3 is 29.4 Å². The van der Waals surface area contributed by atoms with Crippen LogP contribution in [0.15, 0.2) is 182 Å². The molecule has 6 saturated heterocycles. The molecule has 18 heteroatoms. The highest BCUT2D eigenvalue weighted by atomic mass is 16.2. The number of hydrogen-bond acceptors (Lipinski definition) is 12. The maximum atomic E-state index is 12.2. The molecule has 6 heterocycles. The topological polar surface area (TPSA) is 141 Å². The molecule has 0 radical (unpaired) electrons. The van der Waals surface area contributed by atoms with E-state index in [0.717, 1.165) is 190 Å². The van der Waals surface area contributed by atoms with Crippen LogP contribution in [0, 0.1) is 0 Å². The second-order valence-electron chi connectivity index (χ2n) is 28.7. The first kappa shape index (κ1) is 118. The molecule has 0 aromatic heterocycles. The van der Waals surface area contributed by atoms with Gasteiger partial charge in [0, 0.05) is 239 Å². The van der Waals surface area contributed by atoms with Crippen molar-refractivity contribution in [1.82, 2.24) is 58.8 Å². The first-order valence-electron chi connectivity index (χ1n) is 54.6. The van der Waals surface area contributed by atoms with Crippen LogP contribution in [0.2, 0.25) is 0 Å². The van der Waals surface area contributed by atoms with Gasteiger partial charge in [-0.15, -0.1) is 0 Å². The molecule has 0 bridgehead atoms. The molecule has 0 N–H and O–H groups in total. The van der Waals surface area contributed by atoms with Crippen LogP contribution in [0.1, 0.15) is 351 Å². The molecule has 748 valence electrons. The summed E-state index contributed by atoms with van der Waals surface area (Å²) in [6.45, 7) is 90.6. The number of nitrogens with zero attached hydrogens (tertiary/aromatic N) is 12. The highest BCUT2D eigenvalue weighted by Crippen LogP contribution is 2.18. The fourth-order valence-corrected chi connectivity index (χ4v) is 13.2. The molecule has 0 unspecified atom stereocenters. The summed E-state index contributed by atoms with van der Waals surface area (Å²) in [6.07, 6.45) is 0. The highest BCUT2D eigenvalue weighted by molar-refractivity contribution is 5.97. The summed E-state index contributed by atoms with van der Waals surface area (Å²) >= 11 is 0. The Morgan fingerprint density at radius 2 is 0.246 bits per heavy atom. The molecule has 130 heavy (non-hydrogen) atoms. The van der Waals surface area contributed by atoms with Gasteiger partial charge in [0.25, 0.3) is 35.4 Å². The minimum atomic E-state index is -1.75. The molecule has 6 aliphatic heterocycles.